The Morgan fingerprint density at radius 3 is 2.46 bits per heavy atom. The maximum Gasteiger partial charge on any atom is 0.332 e. The summed E-state index contributed by atoms with van der Waals surface area (Å²) in [5, 5.41) is 8.59. The van der Waals surface area contributed by atoms with Crippen molar-refractivity contribution in [3.8, 4) is 0 Å². The van der Waals surface area contributed by atoms with Crippen molar-refractivity contribution in [2.75, 3.05) is 13.2 Å². The van der Waals surface area contributed by atoms with Crippen LogP contribution in [0.4, 0.5) is 0 Å². The average molecular weight is 521 g/mol. The first-order chi connectivity index (χ1) is 17.3. The topological polar surface area (TPSA) is 72.8 Å². The number of fused-ring (bicyclic) bond motifs is 1. The zero-order valence-electron chi connectivity index (χ0n) is 24.9. The standard InChI is InChI=1S/C32H56O5/c1-23(2)11-8-12-24(3)27-15-16-28-26(14-10-19-32(27,28)7)13-9-18-31(5,6)20-17-25(4)37-30(35)22-36-21-29(33)34/h9,18,23-28H,8,10-17,19-22H2,1-7H3,(H,33,34)/b18-9-/t24-,25-,26-,27-,28+,32-/m1/s1. The highest BCUT2D eigenvalue weighted by Crippen LogP contribution is 2.60. The Bertz CT molecular complexity index is 741. The summed E-state index contributed by atoms with van der Waals surface area (Å²) >= 11 is 0. The molecule has 0 aromatic heterocycles. The number of allylic oxidation sites excluding steroid dienone is 2. The SMILES string of the molecule is CC(C)CCC[C@@H](C)[C@H]1CC[C@H]2[C@H](C/C=C\C(C)(C)CC[C@@H](C)OC(=O)COCC(=O)O)CCC[C@]12C. The maximum atomic E-state index is 11.8. The fourth-order valence-electron chi connectivity index (χ4n) is 7.41. The molecule has 2 rings (SSSR count). The minimum Gasteiger partial charge on any atom is -0.480 e. The molecule has 1 N–H and O–H groups in total. The molecule has 5 heteroatoms. The van der Waals surface area contributed by atoms with Gasteiger partial charge in [-0.3, -0.25) is 0 Å². The lowest BCUT2D eigenvalue weighted by molar-refractivity contribution is -0.156. The molecule has 0 saturated heterocycles. The van der Waals surface area contributed by atoms with Gasteiger partial charge in [-0.2, -0.15) is 0 Å². The van der Waals surface area contributed by atoms with Crippen LogP contribution in [0.2, 0.25) is 0 Å². The third-order valence-electron chi connectivity index (χ3n) is 9.45. The molecule has 5 nitrogen and oxygen atoms in total. The number of carboxylic acid groups (broad SMARTS) is 1. The molecular formula is C32H56O5. The van der Waals surface area contributed by atoms with E-state index in [4.69, 9.17) is 14.6 Å². The minimum absolute atomic E-state index is 0.0432. The number of rotatable bonds is 16. The van der Waals surface area contributed by atoms with E-state index in [1.54, 1.807) is 0 Å². The molecular weight excluding hydrogens is 464 g/mol. The number of esters is 1. The zero-order chi connectivity index (χ0) is 27.6. The Hall–Kier alpha value is -1.36. The fraction of sp³-hybridized carbons (Fsp3) is 0.875. The van der Waals surface area contributed by atoms with E-state index in [0.717, 1.165) is 42.4 Å². The van der Waals surface area contributed by atoms with E-state index in [0.29, 0.717) is 5.41 Å². The molecule has 0 unspecified atom stereocenters. The van der Waals surface area contributed by atoms with Crippen molar-refractivity contribution in [2.24, 2.45) is 40.4 Å². The lowest BCUT2D eigenvalue weighted by Crippen LogP contribution is -2.39. The smallest absolute Gasteiger partial charge is 0.332 e. The predicted molar refractivity (Wildman–Crippen MR) is 150 cm³/mol. The van der Waals surface area contributed by atoms with Crippen LogP contribution in [0.1, 0.15) is 119 Å². The second-order valence-corrected chi connectivity index (χ2v) is 13.6. The fourth-order valence-corrected chi connectivity index (χ4v) is 7.41. The summed E-state index contributed by atoms with van der Waals surface area (Å²) in [7, 11) is 0. The van der Waals surface area contributed by atoms with Crippen molar-refractivity contribution in [3.63, 3.8) is 0 Å². The number of hydrogen-bond acceptors (Lipinski definition) is 4. The molecule has 214 valence electrons. The van der Waals surface area contributed by atoms with Gasteiger partial charge < -0.3 is 14.6 Å². The normalized spacial score (nSPS) is 27.8. The zero-order valence-corrected chi connectivity index (χ0v) is 24.9. The third-order valence-corrected chi connectivity index (χ3v) is 9.45. The highest BCUT2D eigenvalue weighted by Gasteiger charge is 2.51. The summed E-state index contributed by atoms with van der Waals surface area (Å²) in [5.41, 5.74) is 0.568. The van der Waals surface area contributed by atoms with Crippen molar-refractivity contribution in [1.82, 2.24) is 0 Å². The molecule has 0 bridgehead atoms. The molecule has 6 atom stereocenters. The molecule has 37 heavy (non-hydrogen) atoms. The Labute approximate surface area is 227 Å². The van der Waals surface area contributed by atoms with Crippen molar-refractivity contribution >= 4 is 11.9 Å². The first kappa shape index (κ1) is 31.9. The summed E-state index contributed by atoms with van der Waals surface area (Å²) in [6.07, 6.45) is 18.6. The summed E-state index contributed by atoms with van der Waals surface area (Å²) in [6, 6.07) is 0. The monoisotopic (exact) mass is 520 g/mol. The van der Waals surface area contributed by atoms with Gasteiger partial charge in [0.25, 0.3) is 0 Å². The van der Waals surface area contributed by atoms with Crippen LogP contribution in [0, 0.1) is 40.4 Å². The molecule has 2 saturated carbocycles. The van der Waals surface area contributed by atoms with Gasteiger partial charge in [0, 0.05) is 0 Å². The van der Waals surface area contributed by atoms with Gasteiger partial charge in [0.2, 0.25) is 0 Å². The Kier molecular flexibility index (Phi) is 12.7. The number of aliphatic carboxylic acids is 1. The van der Waals surface area contributed by atoms with Crippen LogP contribution in [0.5, 0.6) is 0 Å². The summed E-state index contributed by atoms with van der Waals surface area (Å²) < 4.78 is 10.2. The van der Waals surface area contributed by atoms with E-state index in [-0.39, 0.29) is 18.1 Å². The third kappa shape index (κ3) is 10.4. The molecule has 0 spiro atoms. The largest absolute Gasteiger partial charge is 0.480 e. The first-order valence-electron chi connectivity index (χ1n) is 15.0. The second-order valence-electron chi connectivity index (χ2n) is 13.6. The van der Waals surface area contributed by atoms with E-state index >= 15 is 0 Å². The molecule has 2 aliphatic rings. The van der Waals surface area contributed by atoms with Gasteiger partial charge in [-0.25, -0.2) is 9.59 Å². The van der Waals surface area contributed by atoms with E-state index in [9.17, 15) is 9.59 Å². The van der Waals surface area contributed by atoms with Crippen molar-refractivity contribution in [2.45, 2.75) is 125 Å². The molecule has 0 aromatic rings. The first-order valence-corrected chi connectivity index (χ1v) is 15.0. The van der Waals surface area contributed by atoms with Crippen LogP contribution < -0.4 is 0 Å². The Morgan fingerprint density at radius 1 is 1.05 bits per heavy atom. The van der Waals surface area contributed by atoms with Gasteiger partial charge in [0.1, 0.15) is 13.2 Å². The van der Waals surface area contributed by atoms with E-state index < -0.39 is 18.5 Å². The lowest BCUT2D eigenvalue weighted by Gasteiger charge is -2.47. The molecule has 0 aliphatic heterocycles. The number of hydrogen-bond donors (Lipinski definition) is 1. The van der Waals surface area contributed by atoms with Crippen LogP contribution >= 0.6 is 0 Å². The Balaban J connectivity index is 1.81. The van der Waals surface area contributed by atoms with Gasteiger partial charge in [-0.05, 0) is 92.3 Å². The number of carboxylic acids is 1. The predicted octanol–water partition coefficient (Wildman–Crippen LogP) is 8.07. The summed E-state index contributed by atoms with van der Waals surface area (Å²) in [5.74, 6) is 2.64. The van der Waals surface area contributed by atoms with Crippen LogP contribution in [0.3, 0.4) is 0 Å². The van der Waals surface area contributed by atoms with Gasteiger partial charge in [0.15, 0.2) is 0 Å². The number of carbonyl (C=O) groups is 2. The van der Waals surface area contributed by atoms with Crippen LogP contribution in [-0.2, 0) is 19.1 Å². The quantitative estimate of drug-likeness (QED) is 0.164. The van der Waals surface area contributed by atoms with Crippen molar-refractivity contribution in [1.29, 1.82) is 0 Å². The average Bonchev–Trinajstić information content (AvgIpc) is 3.15. The van der Waals surface area contributed by atoms with Crippen LogP contribution in [0.25, 0.3) is 0 Å². The summed E-state index contributed by atoms with van der Waals surface area (Å²) in [6.45, 7) is 15.4. The second kappa shape index (κ2) is 14.7. The van der Waals surface area contributed by atoms with Gasteiger partial charge in [-0.15, -0.1) is 0 Å². The molecule has 0 aromatic carbocycles. The molecule has 2 fully saturated rings. The minimum atomic E-state index is -1.09. The van der Waals surface area contributed by atoms with Crippen LogP contribution in [-0.4, -0.2) is 36.4 Å². The maximum absolute atomic E-state index is 11.8. The Morgan fingerprint density at radius 2 is 1.78 bits per heavy atom. The number of ether oxygens (including phenoxy) is 2. The van der Waals surface area contributed by atoms with E-state index in [2.05, 4.69) is 53.7 Å². The molecule has 0 radical (unpaired) electrons. The lowest BCUT2D eigenvalue weighted by atomic mass is 9.58. The van der Waals surface area contributed by atoms with Crippen molar-refractivity contribution in [3.05, 3.63) is 12.2 Å². The highest BCUT2D eigenvalue weighted by molar-refractivity contribution is 5.72. The summed E-state index contributed by atoms with van der Waals surface area (Å²) in [4.78, 5) is 22.3. The molecule has 0 heterocycles. The van der Waals surface area contributed by atoms with Gasteiger partial charge in [-0.1, -0.05) is 79.4 Å². The molecule has 2 aliphatic carbocycles. The van der Waals surface area contributed by atoms with Gasteiger partial charge >= 0.3 is 11.9 Å². The van der Waals surface area contributed by atoms with Crippen molar-refractivity contribution < 1.29 is 24.2 Å². The highest BCUT2D eigenvalue weighted by atomic mass is 16.6. The molecule has 0 amide bonds. The van der Waals surface area contributed by atoms with Crippen LogP contribution in [0.15, 0.2) is 12.2 Å². The van der Waals surface area contributed by atoms with Gasteiger partial charge in [0.05, 0.1) is 6.10 Å². The van der Waals surface area contributed by atoms with E-state index in [1.807, 2.05) is 6.92 Å². The number of carbonyl (C=O) groups excluding carboxylic acids is 1. The van der Waals surface area contributed by atoms with E-state index in [1.165, 1.54) is 57.8 Å².